The van der Waals surface area contributed by atoms with Gasteiger partial charge >= 0.3 is 0 Å². The minimum atomic E-state index is -3.86. The van der Waals surface area contributed by atoms with Gasteiger partial charge in [0.25, 0.3) is 10.1 Å². The van der Waals surface area contributed by atoms with Gasteiger partial charge in [0.2, 0.25) is 0 Å². The zero-order valence-electron chi connectivity index (χ0n) is 7.45. The Labute approximate surface area is 73.4 Å². The zero-order valence-corrected chi connectivity index (χ0v) is 8.26. The molecule has 4 nitrogen and oxygen atoms in total. The Hall–Kier alpha value is -0.130. The van der Waals surface area contributed by atoms with Crippen molar-refractivity contribution >= 4 is 10.1 Å². The van der Waals surface area contributed by atoms with Gasteiger partial charge in [0, 0.05) is 6.61 Å². The molecule has 0 aliphatic carbocycles. The molecule has 0 fully saturated rings. The average molecular weight is 196 g/mol. The maximum atomic E-state index is 10.4. The molecule has 0 amide bonds. The molecule has 0 aromatic heterocycles. The molecule has 0 saturated carbocycles. The van der Waals surface area contributed by atoms with Crippen molar-refractivity contribution in [3.63, 3.8) is 0 Å². The molecule has 0 aliphatic heterocycles. The standard InChI is InChI=1S/C7H16O4S/c1-7(2,3-5-8)4-6-12(9,10)11/h8H,3-6H2,1-2H3,(H,9,10,11). The SMILES string of the molecule is CC(C)(CCO)CCS(=O)(=O)O. The van der Waals surface area contributed by atoms with Crippen LogP contribution in [0.4, 0.5) is 0 Å². The molecule has 0 aromatic carbocycles. The third kappa shape index (κ3) is 6.57. The van der Waals surface area contributed by atoms with Gasteiger partial charge in [-0.1, -0.05) is 13.8 Å². The van der Waals surface area contributed by atoms with Crippen LogP contribution in [0.15, 0.2) is 0 Å². The smallest absolute Gasteiger partial charge is 0.264 e. The predicted octanol–water partition coefficient (Wildman–Crippen LogP) is 0.673. The van der Waals surface area contributed by atoms with E-state index in [-0.39, 0.29) is 17.8 Å². The quantitative estimate of drug-likeness (QED) is 0.634. The molecule has 0 aliphatic rings. The summed E-state index contributed by atoms with van der Waals surface area (Å²) in [5, 5.41) is 8.62. The van der Waals surface area contributed by atoms with Gasteiger partial charge in [-0.25, -0.2) is 0 Å². The summed E-state index contributed by atoms with van der Waals surface area (Å²) in [6, 6.07) is 0. The Balaban J connectivity index is 3.92. The minimum absolute atomic E-state index is 0.0402. The van der Waals surface area contributed by atoms with Gasteiger partial charge in [-0.3, -0.25) is 4.55 Å². The van der Waals surface area contributed by atoms with Crippen molar-refractivity contribution in [3.05, 3.63) is 0 Å². The fourth-order valence-electron chi connectivity index (χ4n) is 0.833. The first-order valence-corrected chi connectivity index (χ1v) is 5.44. The van der Waals surface area contributed by atoms with Gasteiger partial charge in [0.05, 0.1) is 5.75 Å². The number of hydrogen-bond donors (Lipinski definition) is 2. The highest BCUT2D eigenvalue weighted by Crippen LogP contribution is 2.24. The first-order valence-electron chi connectivity index (χ1n) is 3.83. The molecule has 0 bridgehead atoms. The molecule has 0 atom stereocenters. The monoisotopic (exact) mass is 196 g/mol. The fourth-order valence-corrected chi connectivity index (χ4v) is 1.64. The molecule has 0 aromatic rings. The second kappa shape index (κ2) is 4.20. The maximum absolute atomic E-state index is 10.4. The van der Waals surface area contributed by atoms with Crippen molar-refractivity contribution in [3.8, 4) is 0 Å². The van der Waals surface area contributed by atoms with Crippen LogP contribution in [0.5, 0.6) is 0 Å². The zero-order chi connectivity index (χ0) is 9.83. The highest BCUT2D eigenvalue weighted by molar-refractivity contribution is 7.85. The van der Waals surface area contributed by atoms with E-state index >= 15 is 0 Å². The van der Waals surface area contributed by atoms with E-state index in [0.29, 0.717) is 12.8 Å². The van der Waals surface area contributed by atoms with E-state index in [9.17, 15) is 8.42 Å². The Kier molecular flexibility index (Phi) is 4.16. The molecular weight excluding hydrogens is 180 g/mol. The number of aliphatic hydroxyl groups is 1. The minimum Gasteiger partial charge on any atom is -0.396 e. The van der Waals surface area contributed by atoms with E-state index in [0.717, 1.165) is 0 Å². The van der Waals surface area contributed by atoms with Gasteiger partial charge in [0.15, 0.2) is 0 Å². The molecule has 0 saturated heterocycles. The molecule has 0 rings (SSSR count). The summed E-state index contributed by atoms with van der Waals surface area (Å²) in [5.74, 6) is -0.236. The Bertz CT molecular complexity index is 218. The molecular formula is C7H16O4S. The lowest BCUT2D eigenvalue weighted by atomic mass is 9.87. The molecule has 74 valence electrons. The number of hydrogen-bond acceptors (Lipinski definition) is 3. The molecule has 0 heterocycles. The van der Waals surface area contributed by atoms with Crippen molar-refractivity contribution in [1.29, 1.82) is 0 Å². The largest absolute Gasteiger partial charge is 0.396 e. The number of rotatable bonds is 5. The Morgan fingerprint density at radius 3 is 2.08 bits per heavy atom. The van der Waals surface area contributed by atoms with Gasteiger partial charge in [-0.05, 0) is 18.3 Å². The normalized spacial score (nSPS) is 13.3. The highest BCUT2D eigenvalue weighted by atomic mass is 32.2. The molecule has 2 N–H and O–H groups in total. The topological polar surface area (TPSA) is 74.6 Å². The summed E-state index contributed by atoms with van der Waals surface area (Å²) in [5.41, 5.74) is -0.232. The van der Waals surface area contributed by atoms with Crippen LogP contribution in [0.1, 0.15) is 26.7 Å². The van der Waals surface area contributed by atoms with E-state index in [1.807, 2.05) is 13.8 Å². The Morgan fingerprint density at radius 2 is 1.75 bits per heavy atom. The van der Waals surface area contributed by atoms with Crippen LogP contribution in [0.25, 0.3) is 0 Å². The van der Waals surface area contributed by atoms with E-state index in [1.165, 1.54) is 0 Å². The summed E-state index contributed by atoms with van der Waals surface area (Å²) < 4.78 is 29.2. The lowest BCUT2D eigenvalue weighted by Crippen LogP contribution is -2.18. The van der Waals surface area contributed by atoms with Crippen molar-refractivity contribution in [2.45, 2.75) is 26.7 Å². The van der Waals surface area contributed by atoms with E-state index in [1.54, 1.807) is 0 Å². The van der Waals surface area contributed by atoms with E-state index < -0.39 is 10.1 Å². The summed E-state index contributed by atoms with van der Waals surface area (Å²) in [6.07, 6.45) is 0.912. The fraction of sp³-hybridized carbons (Fsp3) is 1.00. The summed E-state index contributed by atoms with van der Waals surface area (Å²) in [6.45, 7) is 3.75. The second-order valence-electron chi connectivity index (χ2n) is 3.67. The van der Waals surface area contributed by atoms with Crippen LogP contribution in [-0.4, -0.2) is 30.4 Å². The lowest BCUT2D eigenvalue weighted by molar-refractivity contribution is 0.207. The third-order valence-corrected chi connectivity index (χ3v) is 2.55. The van der Waals surface area contributed by atoms with Gasteiger partial charge in [-0.2, -0.15) is 8.42 Å². The molecule has 0 spiro atoms. The van der Waals surface area contributed by atoms with E-state index in [4.69, 9.17) is 9.66 Å². The summed E-state index contributed by atoms with van der Waals surface area (Å²) in [4.78, 5) is 0. The first kappa shape index (κ1) is 11.9. The molecule has 12 heavy (non-hydrogen) atoms. The predicted molar refractivity (Wildman–Crippen MR) is 46.5 cm³/mol. The molecule has 5 heteroatoms. The van der Waals surface area contributed by atoms with Crippen molar-refractivity contribution in [2.75, 3.05) is 12.4 Å². The summed E-state index contributed by atoms with van der Waals surface area (Å²) in [7, 11) is -3.86. The van der Waals surface area contributed by atoms with E-state index in [2.05, 4.69) is 0 Å². The summed E-state index contributed by atoms with van der Waals surface area (Å²) >= 11 is 0. The lowest BCUT2D eigenvalue weighted by Gasteiger charge is -2.22. The van der Waals surface area contributed by atoms with Gasteiger partial charge < -0.3 is 5.11 Å². The molecule has 0 radical (unpaired) electrons. The first-order chi connectivity index (χ1) is 5.27. The van der Waals surface area contributed by atoms with Crippen LogP contribution < -0.4 is 0 Å². The van der Waals surface area contributed by atoms with Crippen LogP contribution >= 0.6 is 0 Å². The number of aliphatic hydroxyl groups excluding tert-OH is 1. The van der Waals surface area contributed by atoms with Gasteiger partial charge in [0.1, 0.15) is 0 Å². The Morgan fingerprint density at radius 1 is 1.25 bits per heavy atom. The van der Waals surface area contributed by atoms with Gasteiger partial charge in [-0.15, -0.1) is 0 Å². The van der Waals surface area contributed by atoms with Crippen LogP contribution in [-0.2, 0) is 10.1 Å². The van der Waals surface area contributed by atoms with Crippen LogP contribution in [0.2, 0.25) is 0 Å². The van der Waals surface area contributed by atoms with Crippen LogP contribution in [0, 0.1) is 5.41 Å². The maximum Gasteiger partial charge on any atom is 0.264 e. The molecule has 0 unspecified atom stereocenters. The average Bonchev–Trinajstić information content (AvgIpc) is 1.83. The van der Waals surface area contributed by atoms with Crippen molar-refractivity contribution < 1.29 is 18.1 Å². The second-order valence-corrected chi connectivity index (χ2v) is 5.25. The van der Waals surface area contributed by atoms with Crippen LogP contribution in [0.3, 0.4) is 0 Å². The highest BCUT2D eigenvalue weighted by Gasteiger charge is 2.19. The van der Waals surface area contributed by atoms with Crippen molar-refractivity contribution in [2.24, 2.45) is 5.41 Å². The van der Waals surface area contributed by atoms with Crippen molar-refractivity contribution in [1.82, 2.24) is 0 Å². The third-order valence-electron chi connectivity index (χ3n) is 1.83.